The van der Waals surface area contributed by atoms with Gasteiger partial charge in [-0.05, 0) is 57.1 Å². The Kier molecular flexibility index (Phi) is 8.36. The summed E-state index contributed by atoms with van der Waals surface area (Å²) in [4.78, 5) is 54.8. The second-order valence-corrected chi connectivity index (χ2v) is 12.1. The van der Waals surface area contributed by atoms with Crippen LogP contribution in [0.1, 0.15) is 59.3 Å². The van der Waals surface area contributed by atoms with Crippen molar-refractivity contribution >= 4 is 34.6 Å². The van der Waals surface area contributed by atoms with E-state index >= 15 is 4.39 Å². The third-order valence-corrected chi connectivity index (χ3v) is 10.0. The second-order valence-electron chi connectivity index (χ2n) is 11.8. The maximum atomic E-state index is 17.4. The van der Waals surface area contributed by atoms with Gasteiger partial charge >= 0.3 is 11.4 Å². The van der Waals surface area contributed by atoms with Crippen molar-refractivity contribution in [3.8, 4) is 0 Å². The van der Waals surface area contributed by atoms with Crippen molar-refractivity contribution < 1.29 is 53.4 Å². The van der Waals surface area contributed by atoms with Gasteiger partial charge in [-0.3, -0.25) is 29.6 Å². The number of fused-ring (bicyclic) bond motifs is 5. The number of hydrogen-bond donors (Lipinski definition) is 3. The van der Waals surface area contributed by atoms with Crippen LogP contribution in [0.2, 0.25) is 0 Å². The first kappa shape index (κ1) is 30.7. The maximum Gasteiger partial charge on any atom is 0.404 e. The minimum Gasteiger partial charge on any atom is -0.450 e. The molecule has 0 radical (unpaired) electrons. The van der Waals surface area contributed by atoms with E-state index < -0.39 is 75.1 Å². The highest BCUT2D eigenvalue weighted by molar-refractivity contribution is 6.61. The van der Waals surface area contributed by atoms with Gasteiger partial charge in [-0.2, -0.15) is 0 Å². The molecule has 0 aliphatic heterocycles. The number of aliphatic hydroxyl groups is 1. The van der Waals surface area contributed by atoms with Crippen LogP contribution in [0.15, 0.2) is 23.8 Å². The van der Waals surface area contributed by atoms with Gasteiger partial charge in [-0.25, -0.2) is 9.18 Å². The normalized spacial score (nSPS) is 40.1. The Hall–Kier alpha value is -2.22. The van der Waals surface area contributed by atoms with Crippen LogP contribution in [0.25, 0.3) is 0 Å². The molecular formula is C27H35ClFNO10. The van der Waals surface area contributed by atoms with Crippen LogP contribution in [-0.4, -0.2) is 74.5 Å². The van der Waals surface area contributed by atoms with E-state index in [0.717, 1.165) is 0 Å². The number of ether oxygens (including phenoxy) is 2. The number of nitrogens with zero attached hydrogens (tertiary/aromatic N) is 1. The van der Waals surface area contributed by atoms with Gasteiger partial charge in [0.15, 0.2) is 23.7 Å². The molecule has 11 nitrogen and oxygen atoms in total. The van der Waals surface area contributed by atoms with E-state index in [2.05, 4.69) is 4.84 Å². The summed E-state index contributed by atoms with van der Waals surface area (Å²) in [5.74, 6) is -3.65. The van der Waals surface area contributed by atoms with Crippen molar-refractivity contribution in [2.75, 3.05) is 13.2 Å². The molecule has 4 aliphatic rings. The van der Waals surface area contributed by atoms with Crippen molar-refractivity contribution in [3.05, 3.63) is 23.8 Å². The molecule has 13 heteroatoms. The lowest BCUT2D eigenvalue weighted by atomic mass is 9.44. The van der Waals surface area contributed by atoms with E-state index in [9.17, 15) is 24.3 Å². The average molecular weight is 588 g/mol. The predicted molar refractivity (Wildman–Crippen MR) is 135 cm³/mol. The molecule has 4 rings (SSSR count). The first-order valence-electron chi connectivity index (χ1n) is 13.3. The number of hydrogen-bond acceptors (Lipinski definition) is 11. The number of rotatable bonds is 9. The Morgan fingerprint density at radius 2 is 1.93 bits per heavy atom. The monoisotopic (exact) mass is 587 g/mol. The van der Waals surface area contributed by atoms with E-state index in [4.69, 9.17) is 31.5 Å². The molecule has 0 saturated heterocycles. The number of allylic oxidation sites excluding steroid dienone is 4. The Morgan fingerprint density at radius 3 is 2.58 bits per heavy atom. The van der Waals surface area contributed by atoms with E-state index in [1.54, 1.807) is 20.8 Å². The van der Waals surface area contributed by atoms with E-state index in [-0.39, 0.29) is 38.1 Å². The number of carbonyl (C=O) groups excluding carboxylic acids is 4. The van der Waals surface area contributed by atoms with Gasteiger partial charge in [0.25, 0.3) is 0 Å². The highest BCUT2D eigenvalue weighted by Gasteiger charge is 2.77. The summed E-state index contributed by atoms with van der Waals surface area (Å²) in [5, 5.41) is 28.5. The fourth-order valence-corrected chi connectivity index (χ4v) is 8.28. The maximum absolute atomic E-state index is 17.4. The molecule has 40 heavy (non-hydrogen) atoms. The van der Waals surface area contributed by atoms with Crippen LogP contribution in [0.5, 0.6) is 0 Å². The van der Waals surface area contributed by atoms with Crippen LogP contribution < -0.4 is 0 Å². The lowest BCUT2D eigenvalue weighted by molar-refractivity contribution is -0.492. The lowest BCUT2D eigenvalue weighted by Crippen LogP contribution is -2.70. The number of carbonyl (C=O) groups is 4. The molecule has 0 bridgehead atoms. The average Bonchev–Trinajstić information content (AvgIpc) is 3.08. The largest absolute Gasteiger partial charge is 0.450 e. The molecule has 3 N–H and O–H groups in total. The predicted octanol–water partition coefficient (Wildman–Crippen LogP) is 3.62. The number of esters is 1. The van der Waals surface area contributed by atoms with Crippen molar-refractivity contribution in [1.82, 2.24) is 5.39 Å². The molecule has 3 saturated carbocycles. The molecule has 3 fully saturated rings. The minimum absolute atomic E-state index is 0.0171. The summed E-state index contributed by atoms with van der Waals surface area (Å²) >= 11 is 5.32. The van der Waals surface area contributed by atoms with Crippen molar-refractivity contribution in [2.45, 2.75) is 76.7 Å². The first-order valence-corrected chi connectivity index (χ1v) is 13.7. The molecule has 0 amide bonds. The van der Waals surface area contributed by atoms with Gasteiger partial charge in [0.2, 0.25) is 5.78 Å². The highest BCUT2D eigenvalue weighted by Crippen LogP contribution is 2.71. The molecular weight excluding hydrogens is 553 g/mol. The highest BCUT2D eigenvalue weighted by atomic mass is 35.5. The number of ketones is 2. The zero-order valence-electron chi connectivity index (χ0n) is 22.6. The topological polar surface area (TPSA) is 160 Å². The SMILES string of the molecule is C[C@H]1CC2C3CCC4=CC(=O)C=C[C@]4(C)[C@@]3(F)[C@@H](O)C[C@]2(C)[C@@]1(OC(=O)CCCON(O)O)C(=O)COC(=O)Cl. The lowest BCUT2D eigenvalue weighted by Gasteiger charge is -2.62. The van der Waals surface area contributed by atoms with Crippen LogP contribution in [0.4, 0.5) is 9.18 Å². The molecule has 222 valence electrons. The molecule has 8 atom stereocenters. The number of alkyl halides is 1. The van der Waals surface area contributed by atoms with E-state index in [1.807, 2.05) is 0 Å². The third kappa shape index (κ3) is 4.62. The van der Waals surface area contributed by atoms with Gasteiger partial charge in [0.05, 0.1) is 18.1 Å². The van der Waals surface area contributed by atoms with Gasteiger partial charge in [0, 0.05) is 40.7 Å². The summed E-state index contributed by atoms with van der Waals surface area (Å²) in [6, 6.07) is 0. The van der Waals surface area contributed by atoms with Gasteiger partial charge < -0.3 is 14.6 Å². The van der Waals surface area contributed by atoms with Crippen molar-refractivity contribution in [3.63, 3.8) is 0 Å². The van der Waals surface area contributed by atoms with Crippen LogP contribution in [0.3, 0.4) is 0 Å². The summed E-state index contributed by atoms with van der Waals surface area (Å²) in [6.07, 6.45) is 3.26. The Bertz CT molecular complexity index is 1140. The van der Waals surface area contributed by atoms with Crippen molar-refractivity contribution in [1.29, 1.82) is 0 Å². The van der Waals surface area contributed by atoms with Crippen molar-refractivity contribution in [2.24, 2.45) is 28.6 Å². The first-order chi connectivity index (χ1) is 18.6. The fraction of sp³-hybridized carbons (Fsp3) is 0.704. The Balaban J connectivity index is 1.72. The van der Waals surface area contributed by atoms with E-state index in [1.165, 1.54) is 18.2 Å². The zero-order valence-corrected chi connectivity index (χ0v) is 23.4. The summed E-state index contributed by atoms with van der Waals surface area (Å²) < 4.78 is 28.2. The van der Waals surface area contributed by atoms with Gasteiger partial charge in [-0.1, -0.05) is 25.5 Å². The third-order valence-electron chi connectivity index (χ3n) is 9.92. The molecule has 0 spiro atoms. The number of Topliss-reactive ketones (excluding diaryl/α,β-unsaturated/α-hetero) is 1. The van der Waals surface area contributed by atoms with Gasteiger partial charge in [-0.15, -0.1) is 0 Å². The zero-order chi connectivity index (χ0) is 29.7. The molecule has 0 aromatic rings. The van der Waals surface area contributed by atoms with Crippen LogP contribution in [0, 0.1) is 28.6 Å². The van der Waals surface area contributed by atoms with Gasteiger partial charge in [0.1, 0.15) is 0 Å². The van der Waals surface area contributed by atoms with Crippen LogP contribution >= 0.6 is 11.6 Å². The molecule has 0 aromatic heterocycles. The molecule has 2 unspecified atom stereocenters. The summed E-state index contributed by atoms with van der Waals surface area (Å²) in [7, 11) is 0. The molecule has 4 aliphatic carbocycles. The number of halogens is 2. The smallest absolute Gasteiger partial charge is 0.404 e. The molecule has 0 aromatic carbocycles. The quantitative estimate of drug-likeness (QED) is 0.156. The minimum atomic E-state index is -2.15. The summed E-state index contributed by atoms with van der Waals surface area (Å²) in [5.41, 5.74) is -7.11. The number of aliphatic hydroxyl groups excluding tert-OH is 1. The van der Waals surface area contributed by atoms with Crippen LogP contribution in [-0.2, 0) is 28.7 Å². The molecule has 0 heterocycles. The fourth-order valence-electron chi connectivity index (χ4n) is 8.22. The summed E-state index contributed by atoms with van der Waals surface area (Å²) in [6.45, 7) is 4.06. The van der Waals surface area contributed by atoms with E-state index in [0.29, 0.717) is 18.4 Å². The standard InChI is InChI=1S/C27H35ClFNO10/c1-15-11-19-18-7-6-16-12-17(31)8-9-24(16,2)26(18,29)20(32)13-25(19,3)27(15,21(33)14-38-23(28)35)40-22(34)5-4-10-39-30(36)37/h8-9,12,15,18-20,32,36-37H,4-7,10-11,13-14H2,1-3H3/t15-,18?,19?,20-,24-,25-,26-,27-/m0/s1. The Morgan fingerprint density at radius 1 is 1.23 bits per heavy atom. The Labute approximate surface area is 235 Å². The second kappa shape index (κ2) is 10.9.